The molecule has 0 radical (unpaired) electrons. The van der Waals surface area contributed by atoms with E-state index in [1.807, 2.05) is 6.92 Å². The first-order chi connectivity index (χ1) is 6.56. The van der Waals surface area contributed by atoms with Crippen molar-refractivity contribution in [3.63, 3.8) is 0 Å². The van der Waals surface area contributed by atoms with Gasteiger partial charge in [-0.3, -0.25) is 4.79 Å². The second-order valence-electron chi connectivity index (χ2n) is 2.86. The molecule has 76 valence electrons. The van der Waals surface area contributed by atoms with Crippen LogP contribution in [0.1, 0.15) is 24.2 Å². The third-order valence-corrected chi connectivity index (χ3v) is 2.09. The number of hydrogen-bond acceptors (Lipinski definition) is 3. The van der Waals surface area contributed by atoms with E-state index in [1.54, 1.807) is 6.07 Å². The molecule has 1 aromatic carbocycles. The molecule has 0 saturated carbocycles. The van der Waals surface area contributed by atoms with Gasteiger partial charge in [0.05, 0.1) is 17.3 Å². The van der Waals surface area contributed by atoms with Crippen molar-refractivity contribution in [1.29, 1.82) is 0 Å². The number of benzene rings is 1. The fourth-order valence-corrected chi connectivity index (χ4v) is 1.42. The van der Waals surface area contributed by atoms with Gasteiger partial charge in [0.1, 0.15) is 5.75 Å². The van der Waals surface area contributed by atoms with Crippen LogP contribution in [0.4, 0.5) is 5.69 Å². The highest BCUT2D eigenvalue weighted by Crippen LogP contribution is 2.29. The average Bonchev–Trinajstić information content (AvgIpc) is 2.09. The molecule has 1 aromatic rings. The molecule has 0 bridgehead atoms. The number of carbonyl (C=O) groups is 1. The van der Waals surface area contributed by atoms with Gasteiger partial charge >= 0.3 is 0 Å². The van der Waals surface area contributed by atoms with E-state index in [2.05, 4.69) is 0 Å². The van der Waals surface area contributed by atoms with Crippen molar-refractivity contribution in [2.24, 2.45) is 0 Å². The van der Waals surface area contributed by atoms with Gasteiger partial charge in [0, 0.05) is 5.56 Å². The molecule has 0 aliphatic rings. The highest BCUT2D eigenvalue weighted by molar-refractivity contribution is 6.34. The third kappa shape index (κ3) is 2.17. The van der Waals surface area contributed by atoms with Crippen LogP contribution in [0.3, 0.4) is 0 Å². The molecule has 0 spiro atoms. The summed E-state index contributed by atoms with van der Waals surface area (Å²) < 4.78 is 5.25. The Labute approximate surface area is 87.8 Å². The third-order valence-electron chi connectivity index (χ3n) is 1.78. The molecule has 1 rings (SSSR count). The molecule has 3 nitrogen and oxygen atoms in total. The lowest BCUT2D eigenvalue weighted by atomic mass is 10.1. The summed E-state index contributed by atoms with van der Waals surface area (Å²) in [6.45, 7) is 3.80. The van der Waals surface area contributed by atoms with Crippen molar-refractivity contribution in [2.75, 3.05) is 12.3 Å². The van der Waals surface area contributed by atoms with Crippen molar-refractivity contribution >= 4 is 23.1 Å². The number of hydrogen-bond donors (Lipinski definition) is 1. The lowest BCUT2D eigenvalue weighted by Gasteiger charge is -2.09. The number of nitrogen functional groups attached to an aromatic ring is 1. The summed E-state index contributed by atoms with van der Waals surface area (Å²) in [5.74, 6) is 0.401. The van der Waals surface area contributed by atoms with E-state index < -0.39 is 0 Å². The van der Waals surface area contributed by atoms with E-state index in [-0.39, 0.29) is 5.78 Å². The molecular formula is C10H12ClNO2. The Bertz CT molecular complexity index is 363. The first kappa shape index (κ1) is 10.9. The number of rotatable bonds is 3. The first-order valence-corrected chi connectivity index (χ1v) is 4.66. The Morgan fingerprint density at radius 3 is 2.71 bits per heavy atom. The number of ketones is 1. The maximum atomic E-state index is 11.2. The number of Topliss-reactive ketones (excluding diaryl/α,β-unsaturated/α-hetero) is 1. The number of carbonyl (C=O) groups excluding carboxylic acids is 1. The molecule has 0 heterocycles. The summed E-state index contributed by atoms with van der Waals surface area (Å²) in [5.41, 5.74) is 6.54. The number of nitrogens with two attached hydrogens (primary N) is 1. The van der Waals surface area contributed by atoms with Crippen LogP contribution >= 0.6 is 11.6 Å². The van der Waals surface area contributed by atoms with Crippen LogP contribution < -0.4 is 10.5 Å². The zero-order valence-corrected chi connectivity index (χ0v) is 8.89. The van der Waals surface area contributed by atoms with Crippen LogP contribution in [0.15, 0.2) is 12.1 Å². The molecule has 0 fully saturated rings. The minimum atomic E-state index is -0.101. The van der Waals surface area contributed by atoms with Gasteiger partial charge in [-0.15, -0.1) is 0 Å². The average molecular weight is 214 g/mol. The van der Waals surface area contributed by atoms with Crippen LogP contribution in [0, 0.1) is 0 Å². The molecule has 0 saturated heterocycles. The van der Waals surface area contributed by atoms with E-state index in [9.17, 15) is 4.79 Å². The van der Waals surface area contributed by atoms with E-state index in [1.165, 1.54) is 13.0 Å². The minimum Gasteiger partial charge on any atom is -0.492 e. The second kappa shape index (κ2) is 4.33. The highest BCUT2D eigenvalue weighted by atomic mass is 35.5. The lowest BCUT2D eigenvalue weighted by Crippen LogP contribution is -2.01. The molecular weight excluding hydrogens is 202 g/mol. The fourth-order valence-electron chi connectivity index (χ4n) is 1.12. The summed E-state index contributed by atoms with van der Waals surface area (Å²) in [6, 6.07) is 3.10. The summed E-state index contributed by atoms with van der Waals surface area (Å²) in [4.78, 5) is 11.2. The molecule has 2 N–H and O–H groups in total. The summed E-state index contributed by atoms with van der Waals surface area (Å²) in [7, 11) is 0. The molecule has 0 unspecified atom stereocenters. The number of ether oxygens (including phenoxy) is 1. The van der Waals surface area contributed by atoms with Gasteiger partial charge in [0.15, 0.2) is 5.78 Å². The summed E-state index contributed by atoms with van der Waals surface area (Å²) in [6.07, 6.45) is 0. The maximum Gasteiger partial charge on any atom is 0.161 e. The fraction of sp³-hybridized carbons (Fsp3) is 0.300. The van der Waals surface area contributed by atoms with E-state index in [4.69, 9.17) is 22.1 Å². The first-order valence-electron chi connectivity index (χ1n) is 4.29. The zero-order chi connectivity index (χ0) is 10.7. The summed E-state index contributed by atoms with van der Waals surface area (Å²) in [5, 5.41) is 0.360. The second-order valence-corrected chi connectivity index (χ2v) is 3.27. The van der Waals surface area contributed by atoms with Crippen molar-refractivity contribution in [3.05, 3.63) is 22.7 Å². The molecule has 0 atom stereocenters. The quantitative estimate of drug-likeness (QED) is 0.620. The summed E-state index contributed by atoms with van der Waals surface area (Å²) >= 11 is 5.84. The van der Waals surface area contributed by atoms with Crippen LogP contribution in [0.5, 0.6) is 5.75 Å². The van der Waals surface area contributed by atoms with E-state index in [0.717, 1.165) is 0 Å². The SMILES string of the molecule is CCOc1cc(C(C)=O)c(Cl)cc1N. The Morgan fingerprint density at radius 2 is 2.21 bits per heavy atom. The van der Waals surface area contributed by atoms with Gasteiger partial charge in [-0.25, -0.2) is 0 Å². The van der Waals surface area contributed by atoms with Crippen molar-refractivity contribution < 1.29 is 9.53 Å². The predicted octanol–water partition coefficient (Wildman–Crippen LogP) is 2.52. The Kier molecular flexibility index (Phi) is 3.36. The molecule has 0 aliphatic carbocycles. The number of halogens is 1. The Morgan fingerprint density at radius 1 is 1.57 bits per heavy atom. The van der Waals surface area contributed by atoms with Crippen LogP contribution in [-0.2, 0) is 0 Å². The zero-order valence-electron chi connectivity index (χ0n) is 8.13. The lowest BCUT2D eigenvalue weighted by molar-refractivity contribution is 0.101. The van der Waals surface area contributed by atoms with Gasteiger partial charge in [0.2, 0.25) is 0 Å². The normalized spacial score (nSPS) is 9.93. The maximum absolute atomic E-state index is 11.2. The van der Waals surface area contributed by atoms with Crippen LogP contribution in [0.2, 0.25) is 5.02 Å². The standard InChI is InChI=1S/C10H12ClNO2/c1-3-14-10-4-7(6(2)13)8(11)5-9(10)12/h4-5H,3,12H2,1-2H3. The predicted molar refractivity (Wildman–Crippen MR) is 57.0 cm³/mol. The minimum absolute atomic E-state index is 0.101. The van der Waals surface area contributed by atoms with Gasteiger partial charge < -0.3 is 10.5 Å². The Hall–Kier alpha value is -1.22. The Balaban J connectivity index is 3.20. The molecule has 0 amide bonds. The van der Waals surface area contributed by atoms with Crippen molar-refractivity contribution in [2.45, 2.75) is 13.8 Å². The van der Waals surface area contributed by atoms with Crippen LogP contribution in [0.25, 0.3) is 0 Å². The van der Waals surface area contributed by atoms with Gasteiger partial charge in [-0.1, -0.05) is 11.6 Å². The smallest absolute Gasteiger partial charge is 0.161 e. The molecule has 14 heavy (non-hydrogen) atoms. The number of anilines is 1. The molecule has 0 aliphatic heterocycles. The van der Waals surface area contributed by atoms with E-state index >= 15 is 0 Å². The van der Waals surface area contributed by atoms with Gasteiger partial charge in [-0.05, 0) is 26.0 Å². The highest BCUT2D eigenvalue weighted by Gasteiger charge is 2.10. The van der Waals surface area contributed by atoms with Crippen LogP contribution in [-0.4, -0.2) is 12.4 Å². The molecule has 0 aromatic heterocycles. The van der Waals surface area contributed by atoms with Crippen molar-refractivity contribution in [1.82, 2.24) is 0 Å². The van der Waals surface area contributed by atoms with Gasteiger partial charge in [-0.2, -0.15) is 0 Å². The van der Waals surface area contributed by atoms with Gasteiger partial charge in [0.25, 0.3) is 0 Å². The topological polar surface area (TPSA) is 52.3 Å². The largest absolute Gasteiger partial charge is 0.492 e. The van der Waals surface area contributed by atoms with E-state index in [0.29, 0.717) is 28.6 Å². The monoisotopic (exact) mass is 213 g/mol. The van der Waals surface area contributed by atoms with Crippen molar-refractivity contribution in [3.8, 4) is 5.75 Å². The molecule has 4 heteroatoms.